The molecule has 4 aromatic rings. The molecule has 7 heteroatoms. The minimum absolute atomic E-state index is 0.118. The van der Waals surface area contributed by atoms with E-state index >= 15 is 0 Å². The number of carbonyl (C=O) groups is 1. The highest BCUT2D eigenvalue weighted by Crippen LogP contribution is 2.33. The number of para-hydroxylation sites is 1. The van der Waals surface area contributed by atoms with Crippen molar-refractivity contribution in [1.82, 2.24) is 9.97 Å². The number of fused-ring (bicyclic) bond motifs is 3. The molecule has 2 N–H and O–H groups in total. The van der Waals surface area contributed by atoms with Crippen molar-refractivity contribution in [3.63, 3.8) is 0 Å². The Kier molecular flexibility index (Phi) is 3.77. The molecule has 2 aromatic heterocycles. The van der Waals surface area contributed by atoms with Crippen LogP contribution >= 0.6 is 11.8 Å². The number of aromatic hydroxyl groups is 2. The zero-order valence-electron chi connectivity index (χ0n) is 12.8. The van der Waals surface area contributed by atoms with Crippen LogP contribution in [0, 0.1) is 0 Å². The first kappa shape index (κ1) is 15.5. The third-order valence-corrected chi connectivity index (χ3v) is 4.73. The summed E-state index contributed by atoms with van der Waals surface area (Å²) < 4.78 is 5.83. The van der Waals surface area contributed by atoms with E-state index in [0.29, 0.717) is 21.7 Å². The fourth-order valence-corrected chi connectivity index (χ4v) is 3.35. The summed E-state index contributed by atoms with van der Waals surface area (Å²) in [6.07, 6.45) is 1.45. The number of nitrogens with zero attached hydrogens (tertiary/aromatic N) is 2. The Morgan fingerprint density at radius 1 is 1.08 bits per heavy atom. The maximum absolute atomic E-state index is 12.3. The van der Waals surface area contributed by atoms with Gasteiger partial charge in [0, 0.05) is 10.9 Å². The third kappa shape index (κ3) is 2.78. The van der Waals surface area contributed by atoms with Gasteiger partial charge in [-0.1, -0.05) is 23.9 Å². The number of hydrogen-bond acceptors (Lipinski definition) is 7. The number of phenols is 2. The molecule has 0 atom stereocenters. The second kappa shape index (κ2) is 6.10. The number of furan rings is 1. The number of ketones is 1. The first-order valence-electron chi connectivity index (χ1n) is 7.43. The summed E-state index contributed by atoms with van der Waals surface area (Å²) in [5.74, 6) is -0.655. The van der Waals surface area contributed by atoms with E-state index in [1.54, 1.807) is 0 Å². The highest BCUT2D eigenvalue weighted by Gasteiger charge is 2.15. The highest BCUT2D eigenvalue weighted by atomic mass is 32.2. The topological polar surface area (TPSA) is 96.5 Å². The summed E-state index contributed by atoms with van der Waals surface area (Å²) in [4.78, 5) is 20.8. The minimum atomic E-state index is -0.322. The molecule has 0 radical (unpaired) electrons. The van der Waals surface area contributed by atoms with Gasteiger partial charge >= 0.3 is 0 Å². The predicted molar refractivity (Wildman–Crippen MR) is 94.1 cm³/mol. The van der Waals surface area contributed by atoms with Crippen molar-refractivity contribution in [2.45, 2.75) is 5.03 Å². The molecule has 4 rings (SSSR count). The molecule has 0 bridgehead atoms. The second-order valence-corrected chi connectivity index (χ2v) is 6.33. The van der Waals surface area contributed by atoms with Gasteiger partial charge in [0.15, 0.2) is 22.9 Å². The third-order valence-electron chi connectivity index (χ3n) is 3.76. The van der Waals surface area contributed by atoms with E-state index < -0.39 is 0 Å². The first-order valence-corrected chi connectivity index (χ1v) is 8.42. The zero-order chi connectivity index (χ0) is 17.4. The van der Waals surface area contributed by atoms with Crippen molar-refractivity contribution in [3.05, 3.63) is 54.4 Å². The molecule has 0 aliphatic carbocycles. The van der Waals surface area contributed by atoms with Crippen LogP contribution in [0.3, 0.4) is 0 Å². The summed E-state index contributed by atoms with van der Waals surface area (Å²) in [5, 5.41) is 20.3. The number of carbonyl (C=O) groups excluding carboxylic acids is 1. The van der Waals surface area contributed by atoms with Gasteiger partial charge in [0.25, 0.3) is 0 Å². The SMILES string of the molecule is O=C(CSc1ncnc2c1oc1ccccc12)c1ccc(O)c(O)c1. The van der Waals surface area contributed by atoms with Gasteiger partial charge in [0.05, 0.1) is 5.75 Å². The lowest BCUT2D eigenvalue weighted by atomic mass is 10.1. The van der Waals surface area contributed by atoms with E-state index in [-0.39, 0.29) is 23.0 Å². The van der Waals surface area contributed by atoms with Crippen LogP contribution < -0.4 is 0 Å². The number of rotatable bonds is 4. The Balaban J connectivity index is 1.62. The van der Waals surface area contributed by atoms with E-state index in [4.69, 9.17) is 4.42 Å². The molecule has 0 aliphatic rings. The summed E-state index contributed by atoms with van der Waals surface area (Å²) in [6, 6.07) is 11.6. The van der Waals surface area contributed by atoms with Crippen molar-refractivity contribution >= 4 is 39.6 Å². The van der Waals surface area contributed by atoms with Crippen molar-refractivity contribution < 1.29 is 19.4 Å². The molecule has 0 saturated carbocycles. The Morgan fingerprint density at radius 2 is 1.92 bits per heavy atom. The molecule has 0 saturated heterocycles. The molecule has 0 amide bonds. The van der Waals surface area contributed by atoms with Crippen LogP contribution in [0.25, 0.3) is 22.1 Å². The van der Waals surface area contributed by atoms with Crippen LogP contribution in [-0.2, 0) is 0 Å². The van der Waals surface area contributed by atoms with E-state index in [1.807, 2.05) is 24.3 Å². The van der Waals surface area contributed by atoms with E-state index in [0.717, 1.165) is 11.0 Å². The van der Waals surface area contributed by atoms with Gasteiger partial charge in [0.2, 0.25) is 0 Å². The lowest BCUT2D eigenvalue weighted by Gasteiger charge is -2.03. The van der Waals surface area contributed by atoms with E-state index in [9.17, 15) is 15.0 Å². The summed E-state index contributed by atoms with van der Waals surface area (Å²) in [7, 11) is 0. The molecule has 2 aromatic carbocycles. The second-order valence-electron chi connectivity index (χ2n) is 5.37. The molecule has 0 aliphatic heterocycles. The minimum Gasteiger partial charge on any atom is -0.504 e. The lowest BCUT2D eigenvalue weighted by Crippen LogP contribution is -2.02. The number of Topliss-reactive ketones (excluding diaryl/α,β-unsaturated/α-hetero) is 1. The van der Waals surface area contributed by atoms with E-state index in [1.165, 1.54) is 36.3 Å². The predicted octanol–water partition coefficient (Wildman–Crippen LogP) is 3.76. The van der Waals surface area contributed by atoms with Gasteiger partial charge < -0.3 is 14.6 Å². The number of phenolic OH excluding ortho intramolecular Hbond substituents is 2. The monoisotopic (exact) mass is 352 g/mol. The molecule has 25 heavy (non-hydrogen) atoms. The largest absolute Gasteiger partial charge is 0.504 e. The van der Waals surface area contributed by atoms with Crippen molar-refractivity contribution in [2.75, 3.05) is 5.75 Å². The molecule has 124 valence electrons. The van der Waals surface area contributed by atoms with Crippen LogP contribution in [0.2, 0.25) is 0 Å². The van der Waals surface area contributed by atoms with Crippen molar-refractivity contribution in [1.29, 1.82) is 0 Å². The smallest absolute Gasteiger partial charge is 0.186 e. The Hall–Kier alpha value is -3.06. The molecule has 2 heterocycles. The number of hydrogen-bond donors (Lipinski definition) is 2. The zero-order valence-corrected chi connectivity index (χ0v) is 13.7. The van der Waals surface area contributed by atoms with Gasteiger partial charge in [-0.15, -0.1) is 0 Å². The molecule has 0 spiro atoms. The fourth-order valence-electron chi connectivity index (χ4n) is 2.52. The van der Waals surface area contributed by atoms with Gasteiger partial charge in [-0.05, 0) is 30.3 Å². The van der Waals surface area contributed by atoms with Crippen molar-refractivity contribution in [3.8, 4) is 11.5 Å². The quantitative estimate of drug-likeness (QED) is 0.250. The van der Waals surface area contributed by atoms with Crippen LogP contribution in [0.1, 0.15) is 10.4 Å². The van der Waals surface area contributed by atoms with Gasteiger partial charge in [-0.25, -0.2) is 9.97 Å². The summed E-state index contributed by atoms with van der Waals surface area (Å²) in [6.45, 7) is 0. The van der Waals surface area contributed by atoms with Crippen LogP contribution in [0.4, 0.5) is 0 Å². The van der Waals surface area contributed by atoms with E-state index in [2.05, 4.69) is 9.97 Å². The first-order chi connectivity index (χ1) is 12.1. The molecular formula is C18H12N2O4S. The normalized spacial score (nSPS) is 11.2. The molecule has 6 nitrogen and oxygen atoms in total. The summed E-state index contributed by atoms with van der Waals surface area (Å²) in [5.41, 5.74) is 2.30. The van der Waals surface area contributed by atoms with Crippen molar-refractivity contribution in [2.24, 2.45) is 0 Å². The highest BCUT2D eigenvalue weighted by molar-refractivity contribution is 8.00. The average Bonchev–Trinajstić information content (AvgIpc) is 3.01. The Labute approximate surface area is 146 Å². The number of thioether (sulfide) groups is 1. The molecule has 0 fully saturated rings. The molecular weight excluding hydrogens is 340 g/mol. The Morgan fingerprint density at radius 3 is 2.76 bits per heavy atom. The Bertz CT molecular complexity index is 1110. The standard InChI is InChI=1S/C18H12N2O4S/c21-12-6-5-10(7-13(12)22)14(23)8-25-18-17-16(19-9-20-18)11-3-1-2-4-15(11)24-17/h1-7,9,21-22H,8H2. The van der Waals surface area contributed by atoms with Gasteiger partial charge in [-0.2, -0.15) is 0 Å². The maximum atomic E-state index is 12.3. The van der Waals surface area contributed by atoms with Gasteiger partial charge in [0.1, 0.15) is 22.5 Å². The van der Waals surface area contributed by atoms with Crippen LogP contribution in [0.15, 0.2) is 58.2 Å². The molecule has 0 unspecified atom stereocenters. The maximum Gasteiger partial charge on any atom is 0.186 e. The fraction of sp³-hybridized carbons (Fsp3) is 0.0556. The number of aromatic nitrogens is 2. The van der Waals surface area contributed by atoms with Crippen LogP contribution in [-0.4, -0.2) is 31.7 Å². The van der Waals surface area contributed by atoms with Crippen LogP contribution in [0.5, 0.6) is 11.5 Å². The lowest BCUT2D eigenvalue weighted by molar-refractivity contribution is 0.102. The number of benzene rings is 2. The van der Waals surface area contributed by atoms with Gasteiger partial charge in [-0.3, -0.25) is 4.79 Å². The average molecular weight is 352 g/mol. The summed E-state index contributed by atoms with van der Waals surface area (Å²) >= 11 is 1.24.